The number of aromatic nitrogens is 8. The lowest BCUT2D eigenvalue weighted by molar-refractivity contribution is 0.0695. The first-order valence-corrected chi connectivity index (χ1v) is 31.2. The van der Waals surface area contributed by atoms with Crippen LogP contribution in [0.4, 0.5) is 32.9 Å². The number of tetrazole rings is 2. The molecule has 5 amide bonds. The Kier molecular flexibility index (Phi) is 19.5. The summed E-state index contributed by atoms with van der Waals surface area (Å²) in [5.41, 5.74) is 9.04. The molecule has 0 bridgehead atoms. The summed E-state index contributed by atoms with van der Waals surface area (Å²) in [6.45, 7) is 0.719. The SMILES string of the molecule is CS(=O)(=O)c1cccc(NC(=O)N(Cc2ccc(C(=O)Nc3nn[nH]n3)cc2)C2CCC3(CCCCC3)CC2)c1.CS(=O)(=O)c1cccc(NC(=O)N(Cc2ccc(C(=O)O)cc2)C2CCC3(CCCCC3)CC2)c1.Nc1nn[nH]n1. The molecule has 25 heteroatoms. The summed E-state index contributed by atoms with van der Waals surface area (Å²) in [7, 11) is -6.80. The van der Waals surface area contributed by atoms with E-state index in [9.17, 15) is 41.1 Å². The Morgan fingerprint density at radius 1 is 0.568 bits per heavy atom. The second-order valence-corrected chi connectivity index (χ2v) is 26.0. The van der Waals surface area contributed by atoms with Crippen molar-refractivity contribution in [2.45, 2.75) is 151 Å². The number of carbonyl (C=O) groups excluding carboxylic acids is 3. The van der Waals surface area contributed by atoms with E-state index in [1.807, 2.05) is 21.9 Å². The second kappa shape index (κ2) is 26.6. The van der Waals surface area contributed by atoms with E-state index < -0.39 is 25.6 Å². The van der Waals surface area contributed by atoms with Crippen LogP contribution in [0.1, 0.15) is 147 Å². The predicted octanol–water partition coefficient (Wildman–Crippen LogP) is 9.28. The van der Waals surface area contributed by atoms with Crippen molar-refractivity contribution in [3.63, 3.8) is 0 Å². The number of aromatic amines is 2. The van der Waals surface area contributed by atoms with E-state index in [-0.39, 0.29) is 57.3 Å². The van der Waals surface area contributed by atoms with E-state index >= 15 is 0 Å². The number of nitrogens with two attached hydrogens (primary N) is 1. The zero-order valence-electron chi connectivity index (χ0n) is 45.7. The van der Waals surface area contributed by atoms with Gasteiger partial charge in [0.15, 0.2) is 19.7 Å². The molecule has 23 nitrogen and oxygen atoms in total. The Morgan fingerprint density at radius 3 is 1.35 bits per heavy atom. The minimum Gasteiger partial charge on any atom is -0.478 e. The summed E-state index contributed by atoms with van der Waals surface area (Å²) in [6, 6.07) is 25.9. The van der Waals surface area contributed by atoms with Crippen LogP contribution in [-0.4, -0.2) is 122 Å². The van der Waals surface area contributed by atoms with Crippen molar-refractivity contribution in [3.8, 4) is 0 Å². The van der Waals surface area contributed by atoms with E-state index in [0.717, 1.165) is 75.0 Å². The third kappa shape index (κ3) is 16.6. The smallest absolute Gasteiger partial charge is 0.335 e. The lowest BCUT2D eigenvalue weighted by atomic mass is 9.64. The number of nitrogens with zero attached hydrogens (tertiary/aromatic N) is 8. The highest BCUT2D eigenvalue weighted by molar-refractivity contribution is 7.91. The average Bonchev–Trinajstić information content (AvgIpc) is 4.18. The molecule has 4 aliphatic carbocycles. The van der Waals surface area contributed by atoms with Gasteiger partial charge < -0.3 is 31.3 Å². The molecule has 2 heterocycles. The molecule has 0 radical (unpaired) electrons. The van der Waals surface area contributed by atoms with E-state index in [1.54, 1.807) is 60.7 Å². The summed E-state index contributed by atoms with van der Waals surface area (Å²) in [6.07, 6.45) is 23.4. The van der Waals surface area contributed by atoms with E-state index in [1.165, 1.54) is 88.5 Å². The first-order valence-electron chi connectivity index (χ1n) is 27.5. The molecular weight excluding hydrogens is 1080 g/mol. The molecule has 4 aromatic carbocycles. The Hall–Kier alpha value is -7.80. The number of H-pyrrole nitrogens is 2. The molecular formula is C56H72N14O9S2. The van der Waals surface area contributed by atoms with Crippen molar-refractivity contribution in [1.82, 2.24) is 51.0 Å². The normalized spacial score (nSPS) is 17.7. The number of urea groups is 2. The number of nitrogens with one attached hydrogen (secondary N) is 5. The molecule has 4 fully saturated rings. The summed E-state index contributed by atoms with van der Waals surface area (Å²) >= 11 is 0. The van der Waals surface area contributed by atoms with Crippen molar-refractivity contribution in [1.29, 1.82) is 0 Å². The quantitative estimate of drug-likeness (QED) is 0.0566. The van der Waals surface area contributed by atoms with Gasteiger partial charge in [-0.05, 0) is 170 Å². The fourth-order valence-corrected chi connectivity index (χ4v) is 13.2. The number of sulfone groups is 2. The Balaban J connectivity index is 0.000000194. The van der Waals surface area contributed by atoms with Gasteiger partial charge in [0, 0.05) is 54.6 Å². The van der Waals surface area contributed by atoms with Gasteiger partial charge in [-0.3, -0.25) is 10.1 Å². The maximum atomic E-state index is 13.7. The van der Waals surface area contributed by atoms with E-state index in [0.29, 0.717) is 40.9 Å². The van der Waals surface area contributed by atoms with Crippen LogP contribution in [0.15, 0.2) is 107 Å². The Bertz CT molecular complexity index is 3280. The van der Waals surface area contributed by atoms with Crippen LogP contribution in [0.2, 0.25) is 0 Å². The minimum absolute atomic E-state index is 0.0619. The fourth-order valence-electron chi connectivity index (χ4n) is 11.9. The van der Waals surface area contributed by atoms with Crippen molar-refractivity contribution in [3.05, 3.63) is 119 Å². The third-order valence-corrected chi connectivity index (χ3v) is 18.6. The fraction of sp³-hybridized carbons (Fsp3) is 0.464. The first-order chi connectivity index (χ1) is 38.8. The van der Waals surface area contributed by atoms with Crippen LogP contribution in [0.5, 0.6) is 0 Å². The van der Waals surface area contributed by atoms with Gasteiger partial charge in [0.05, 0.1) is 15.4 Å². The molecule has 2 spiro atoms. The molecule has 81 heavy (non-hydrogen) atoms. The highest BCUT2D eigenvalue weighted by Crippen LogP contribution is 2.49. The standard InChI is InChI=1S/C28H35N7O4S.C27H34N2O5S.CH3N5/c1-40(38,39)24-7-5-6-22(18-24)29-27(37)35(23-12-16-28(17-13-23)14-3-2-4-15-28)19-20-8-10-21(11-9-20)25(36)30-26-31-33-34-32-26;1-35(33,34)24-7-5-6-22(18-24)28-26(32)29(19-20-8-10-21(11-9-20)25(30)31)23-12-16-27(17-13-23)14-3-2-4-15-27;2-1-3-5-6-4-1/h5-11,18,23H,2-4,12-17,19H2,1H3,(H,29,37)(H2,30,31,32,33,34,36);5-11,18,23H,2-4,12-17,19H2,1H3,(H,28,32)(H,30,31);(H3,2,3,4,5,6). The van der Waals surface area contributed by atoms with E-state index in [2.05, 4.69) is 57.2 Å². The number of carboxylic acid groups (broad SMARTS) is 1. The van der Waals surface area contributed by atoms with Crippen LogP contribution in [0, 0.1) is 10.8 Å². The molecule has 6 aromatic rings. The summed E-state index contributed by atoms with van der Waals surface area (Å²) in [5, 5.41) is 42.8. The molecule has 4 aliphatic rings. The molecule has 10 rings (SSSR count). The Morgan fingerprint density at radius 2 is 0.988 bits per heavy atom. The van der Waals surface area contributed by atoms with Crippen LogP contribution >= 0.6 is 0 Å². The molecule has 0 saturated heterocycles. The zero-order valence-corrected chi connectivity index (χ0v) is 47.4. The predicted molar refractivity (Wildman–Crippen MR) is 304 cm³/mol. The average molecular weight is 1150 g/mol. The monoisotopic (exact) mass is 1150 g/mol. The van der Waals surface area contributed by atoms with Gasteiger partial charge in [-0.25, -0.2) is 31.2 Å². The number of benzene rings is 4. The number of carbonyl (C=O) groups is 4. The summed E-state index contributed by atoms with van der Waals surface area (Å²) < 4.78 is 48.0. The van der Waals surface area contributed by atoms with Gasteiger partial charge in [-0.1, -0.05) is 85.1 Å². The van der Waals surface area contributed by atoms with Crippen LogP contribution in [0.25, 0.3) is 0 Å². The number of nitrogen functional groups attached to an aromatic ring is 1. The molecule has 0 atom stereocenters. The second-order valence-electron chi connectivity index (χ2n) is 22.0. The number of aromatic carboxylic acids is 1. The maximum absolute atomic E-state index is 13.7. The molecule has 2 aromatic heterocycles. The van der Waals surface area contributed by atoms with Gasteiger partial charge in [-0.15, -0.1) is 10.2 Å². The Labute approximate surface area is 471 Å². The number of hydrogen-bond donors (Lipinski definition) is 7. The largest absolute Gasteiger partial charge is 0.478 e. The van der Waals surface area contributed by atoms with E-state index in [4.69, 9.17) is 5.73 Å². The van der Waals surface area contributed by atoms with Gasteiger partial charge in [-0.2, -0.15) is 10.4 Å². The number of amides is 5. The third-order valence-electron chi connectivity index (χ3n) is 16.3. The van der Waals surface area contributed by atoms with Gasteiger partial charge >= 0.3 is 18.0 Å². The van der Waals surface area contributed by atoms with Gasteiger partial charge in [0.2, 0.25) is 0 Å². The van der Waals surface area contributed by atoms with Crippen LogP contribution in [-0.2, 0) is 32.8 Å². The van der Waals surface area contributed by atoms with Crippen molar-refractivity contribution in [2.24, 2.45) is 10.8 Å². The lowest BCUT2D eigenvalue weighted by Crippen LogP contribution is -2.46. The highest BCUT2D eigenvalue weighted by Gasteiger charge is 2.40. The van der Waals surface area contributed by atoms with Gasteiger partial charge in [0.25, 0.3) is 17.8 Å². The summed E-state index contributed by atoms with van der Waals surface area (Å²) in [5.74, 6) is -1.08. The molecule has 4 saturated carbocycles. The topological polar surface area (TPSA) is 334 Å². The number of carboxylic acids is 1. The van der Waals surface area contributed by atoms with Crippen molar-refractivity contribution >= 4 is 66.9 Å². The maximum Gasteiger partial charge on any atom is 0.335 e. The summed E-state index contributed by atoms with van der Waals surface area (Å²) in [4.78, 5) is 54.9. The number of anilines is 4. The van der Waals surface area contributed by atoms with Gasteiger partial charge in [0.1, 0.15) is 0 Å². The number of rotatable bonds is 13. The van der Waals surface area contributed by atoms with Crippen LogP contribution in [0.3, 0.4) is 0 Å². The first kappa shape index (κ1) is 59.3. The number of hydrogen-bond acceptors (Lipinski definition) is 15. The minimum atomic E-state index is -3.40. The molecule has 0 unspecified atom stereocenters. The van der Waals surface area contributed by atoms with Crippen molar-refractivity contribution < 1.29 is 41.1 Å². The van der Waals surface area contributed by atoms with Crippen LogP contribution < -0.4 is 21.7 Å². The molecule has 0 aliphatic heterocycles. The zero-order chi connectivity index (χ0) is 57.6. The van der Waals surface area contributed by atoms with Crippen molar-refractivity contribution in [2.75, 3.05) is 34.2 Å². The molecule has 432 valence electrons. The highest BCUT2D eigenvalue weighted by atomic mass is 32.2. The lowest BCUT2D eigenvalue weighted by Gasteiger charge is -2.45. The molecule has 8 N–H and O–H groups in total.